The Morgan fingerprint density at radius 1 is 1.45 bits per heavy atom. The first kappa shape index (κ1) is 13.8. The van der Waals surface area contributed by atoms with E-state index in [2.05, 4.69) is 25.8 Å². The van der Waals surface area contributed by atoms with Gasteiger partial charge >= 0.3 is 0 Å². The molecule has 0 aliphatic heterocycles. The number of hydrogen-bond acceptors (Lipinski definition) is 3. The lowest BCUT2D eigenvalue weighted by atomic mass is 9.70. The van der Waals surface area contributed by atoms with Gasteiger partial charge in [-0.2, -0.15) is 0 Å². The summed E-state index contributed by atoms with van der Waals surface area (Å²) < 4.78 is 6.31. The molecule has 4 heteroatoms. The van der Waals surface area contributed by atoms with E-state index in [1.54, 1.807) is 6.20 Å². The van der Waals surface area contributed by atoms with Crippen LogP contribution >= 0.6 is 12.2 Å². The Morgan fingerprint density at radius 2 is 2.20 bits per heavy atom. The third-order valence-corrected chi connectivity index (χ3v) is 6.18. The zero-order valence-corrected chi connectivity index (χ0v) is 13.2. The minimum Gasteiger partial charge on any atom is -0.487 e. The fraction of sp³-hybridized carbons (Fsp3) is 0.625. The van der Waals surface area contributed by atoms with E-state index in [-0.39, 0.29) is 11.5 Å². The second-order valence-electron chi connectivity index (χ2n) is 6.93. The molecule has 2 aliphatic carbocycles. The van der Waals surface area contributed by atoms with Gasteiger partial charge in [0.1, 0.15) is 22.5 Å². The fourth-order valence-corrected chi connectivity index (χ4v) is 4.29. The molecule has 20 heavy (non-hydrogen) atoms. The van der Waals surface area contributed by atoms with Crippen LogP contribution < -0.4 is 10.5 Å². The Hall–Kier alpha value is -1.16. The van der Waals surface area contributed by atoms with Crippen LogP contribution in [0.5, 0.6) is 5.75 Å². The van der Waals surface area contributed by atoms with E-state index < -0.39 is 0 Å². The highest BCUT2D eigenvalue weighted by Crippen LogP contribution is 2.66. The minimum atomic E-state index is 0.223. The zero-order valence-electron chi connectivity index (χ0n) is 12.3. The molecule has 3 atom stereocenters. The van der Waals surface area contributed by atoms with Gasteiger partial charge in [-0.15, -0.1) is 0 Å². The molecule has 3 rings (SSSR count). The SMILES string of the molecule is CC1(C)C2CCC1(C)C(Oc1cccnc1C(N)=S)C2. The van der Waals surface area contributed by atoms with Gasteiger partial charge in [0.05, 0.1) is 0 Å². The Morgan fingerprint density at radius 3 is 2.75 bits per heavy atom. The Kier molecular flexibility index (Phi) is 3.05. The number of hydrogen-bond donors (Lipinski definition) is 1. The summed E-state index contributed by atoms with van der Waals surface area (Å²) in [5.41, 5.74) is 6.90. The van der Waals surface area contributed by atoms with Crippen LogP contribution in [0.25, 0.3) is 0 Å². The normalized spacial score (nSPS) is 34.1. The van der Waals surface area contributed by atoms with Gasteiger partial charge in [0.25, 0.3) is 0 Å². The van der Waals surface area contributed by atoms with Gasteiger partial charge in [0, 0.05) is 11.6 Å². The highest BCUT2D eigenvalue weighted by molar-refractivity contribution is 7.80. The minimum absolute atomic E-state index is 0.223. The highest BCUT2D eigenvalue weighted by Gasteiger charge is 2.62. The number of rotatable bonds is 3. The topological polar surface area (TPSA) is 48.1 Å². The number of ether oxygens (including phenoxy) is 1. The molecule has 0 radical (unpaired) electrons. The van der Waals surface area contributed by atoms with Crippen molar-refractivity contribution >= 4 is 17.2 Å². The van der Waals surface area contributed by atoms with Crippen molar-refractivity contribution in [1.82, 2.24) is 4.98 Å². The van der Waals surface area contributed by atoms with E-state index in [1.165, 1.54) is 12.8 Å². The summed E-state index contributed by atoms with van der Waals surface area (Å²) in [4.78, 5) is 4.55. The van der Waals surface area contributed by atoms with Crippen LogP contribution in [0.15, 0.2) is 18.3 Å². The smallest absolute Gasteiger partial charge is 0.148 e. The molecule has 2 bridgehead atoms. The van der Waals surface area contributed by atoms with E-state index >= 15 is 0 Å². The lowest BCUT2D eigenvalue weighted by Gasteiger charge is -2.39. The number of pyridine rings is 1. The lowest BCUT2D eigenvalue weighted by Crippen LogP contribution is -2.39. The predicted molar refractivity (Wildman–Crippen MR) is 83.8 cm³/mol. The first-order chi connectivity index (χ1) is 9.36. The summed E-state index contributed by atoms with van der Waals surface area (Å²) in [7, 11) is 0. The van der Waals surface area contributed by atoms with Crippen LogP contribution in [0.4, 0.5) is 0 Å². The van der Waals surface area contributed by atoms with Crippen LogP contribution in [0.3, 0.4) is 0 Å². The molecule has 0 saturated heterocycles. The molecule has 1 aromatic rings. The summed E-state index contributed by atoms with van der Waals surface area (Å²) in [6.07, 6.45) is 5.60. The van der Waals surface area contributed by atoms with Crippen LogP contribution in [0.2, 0.25) is 0 Å². The van der Waals surface area contributed by atoms with Gasteiger partial charge in [0.2, 0.25) is 0 Å². The molecule has 0 spiro atoms. The molecule has 2 saturated carbocycles. The maximum Gasteiger partial charge on any atom is 0.148 e. The van der Waals surface area contributed by atoms with Gasteiger partial charge in [-0.05, 0) is 42.7 Å². The number of aromatic nitrogens is 1. The van der Waals surface area contributed by atoms with Gasteiger partial charge in [0.15, 0.2) is 0 Å². The standard InChI is InChI=1S/C16H22N2OS/c1-15(2)10-6-7-16(15,3)12(9-10)19-11-5-4-8-18-13(11)14(17)20/h4-5,8,10,12H,6-7,9H2,1-3H3,(H2,17,20). The van der Waals surface area contributed by atoms with E-state index in [4.69, 9.17) is 22.7 Å². The first-order valence-corrected chi connectivity index (χ1v) is 7.68. The van der Waals surface area contributed by atoms with Crippen molar-refractivity contribution in [3.05, 3.63) is 24.0 Å². The molecule has 1 aromatic heterocycles. The molecule has 108 valence electrons. The van der Waals surface area contributed by atoms with Crippen LogP contribution in [-0.2, 0) is 0 Å². The molecule has 0 aromatic carbocycles. The van der Waals surface area contributed by atoms with E-state index in [1.807, 2.05) is 12.1 Å². The van der Waals surface area contributed by atoms with Crippen molar-refractivity contribution in [1.29, 1.82) is 0 Å². The maximum atomic E-state index is 6.31. The molecule has 2 aliphatic rings. The number of thiocarbonyl (C=S) groups is 1. The van der Waals surface area contributed by atoms with Crippen molar-refractivity contribution in [2.45, 2.75) is 46.1 Å². The van der Waals surface area contributed by atoms with Gasteiger partial charge in [-0.25, -0.2) is 4.98 Å². The maximum absolute atomic E-state index is 6.31. The van der Waals surface area contributed by atoms with Crippen molar-refractivity contribution < 1.29 is 4.74 Å². The van der Waals surface area contributed by atoms with E-state index in [0.29, 0.717) is 16.1 Å². The second-order valence-corrected chi connectivity index (χ2v) is 7.37. The average molecular weight is 290 g/mol. The van der Waals surface area contributed by atoms with Crippen LogP contribution in [-0.4, -0.2) is 16.1 Å². The number of nitrogens with two attached hydrogens (primary N) is 1. The van der Waals surface area contributed by atoms with Crippen molar-refractivity contribution in [2.24, 2.45) is 22.5 Å². The summed E-state index contributed by atoms with van der Waals surface area (Å²) in [5, 5.41) is 0. The van der Waals surface area contributed by atoms with Crippen molar-refractivity contribution in [3.8, 4) is 5.75 Å². The van der Waals surface area contributed by atoms with Gasteiger partial charge in [-0.3, -0.25) is 0 Å². The summed E-state index contributed by atoms with van der Waals surface area (Å²) >= 11 is 5.07. The predicted octanol–water partition coefficient (Wildman–Crippen LogP) is 3.31. The van der Waals surface area contributed by atoms with E-state index in [9.17, 15) is 0 Å². The molecular formula is C16H22N2OS. The zero-order chi connectivity index (χ0) is 14.5. The average Bonchev–Trinajstić information content (AvgIpc) is 2.72. The quantitative estimate of drug-likeness (QED) is 0.868. The largest absolute Gasteiger partial charge is 0.487 e. The third-order valence-electron chi connectivity index (χ3n) is 5.99. The van der Waals surface area contributed by atoms with Gasteiger partial charge in [-0.1, -0.05) is 33.0 Å². The summed E-state index contributed by atoms with van der Waals surface area (Å²) in [5.74, 6) is 1.48. The van der Waals surface area contributed by atoms with Crippen molar-refractivity contribution in [3.63, 3.8) is 0 Å². The Labute approximate surface area is 125 Å². The highest BCUT2D eigenvalue weighted by atomic mass is 32.1. The molecule has 2 N–H and O–H groups in total. The number of fused-ring (bicyclic) bond motifs is 2. The summed E-state index contributed by atoms with van der Waals surface area (Å²) in [6.45, 7) is 7.12. The number of nitrogens with zero attached hydrogens (tertiary/aromatic N) is 1. The van der Waals surface area contributed by atoms with E-state index in [0.717, 1.165) is 18.1 Å². The van der Waals surface area contributed by atoms with Gasteiger partial charge < -0.3 is 10.5 Å². The Balaban J connectivity index is 1.89. The molecule has 1 heterocycles. The molecular weight excluding hydrogens is 268 g/mol. The third kappa shape index (κ3) is 1.77. The molecule has 3 nitrogen and oxygen atoms in total. The molecule has 2 fully saturated rings. The first-order valence-electron chi connectivity index (χ1n) is 7.28. The van der Waals surface area contributed by atoms with Crippen LogP contribution in [0.1, 0.15) is 45.7 Å². The molecule has 3 unspecified atom stereocenters. The fourth-order valence-electron chi connectivity index (χ4n) is 4.13. The Bertz CT molecular complexity index is 557. The monoisotopic (exact) mass is 290 g/mol. The summed E-state index contributed by atoms with van der Waals surface area (Å²) in [6, 6.07) is 3.79. The van der Waals surface area contributed by atoms with Crippen molar-refractivity contribution in [2.75, 3.05) is 0 Å². The van der Waals surface area contributed by atoms with Crippen LogP contribution in [0, 0.1) is 16.7 Å². The molecule has 0 amide bonds. The second kappa shape index (κ2) is 4.42. The lowest BCUT2D eigenvalue weighted by molar-refractivity contribution is 0.0298.